The van der Waals surface area contributed by atoms with Crippen LogP contribution < -0.4 is 9.80 Å². The molecule has 0 saturated carbocycles. The van der Waals surface area contributed by atoms with Crippen molar-refractivity contribution in [2.45, 2.75) is 20.4 Å². The molecule has 0 aliphatic carbocycles. The van der Waals surface area contributed by atoms with Crippen LogP contribution in [0, 0.1) is 13.8 Å². The van der Waals surface area contributed by atoms with Gasteiger partial charge in [0.1, 0.15) is 0 Å². The fourth-order valence-corrected chi connectivity index (χ4v) is 3.66. The predicted molar refractivity (Wildman–Crippen MR) is 104 cm³/mol. The van der Waals surface area contributed by atoms with Crippen molar-refractivity contribution in [3.8, 4) is 11.3 Å². The number of anilines is 1. The molecule has 0 unspecified atom stereocenters. The molecule has 0 bridgehead atoms. The van der Waals surface area contributed by atoms with Crippen molar-refractivity contribution >= 4 is 5.69 Å². The van der Waals surface area contributed by atoms with Crippen LogP contribution in [-0.4, -0.2) is 31.2 Å². The molecule has 0 spiro atoms. The maximum atomic E-state index is 5.97. The lowest BCUT2D eigenvalue weighted by atomic mass is 10.1. The smallest absolute Gasteiger partial charge is 0.250 e. The number of nitrogens with one attached hydrogen (secondary N) is 1. The topological polar surface area (TPSA) is 33.7 Å². The summed E-state index contributed by atoms with van der Waals surface area (Å²) in [4.78, 5) is 8.53. The average Bonchev–Trinajstić information content (AvgIpc) is 3.14. The molecule has 4 heteroatoms. The van der Waals surface area contributed by atoms with Gasteiger partial charge in [-0.05, 0) is 31.0 Å². The lowest BCUT2D eigenvalue weighted by Crippen LogP contribution is -3.13. The molecule has 1 saturated heterocycles. The Labute approximate surface area is 155 Å². The van der Waals surface area contributed by atoms with Gasteiger partial charge < -0.3 is 14.2 Å². The molecule has 1 aliphatic heterocycles. The predicted octanol–water partition coefficient (Wildman–Crippen LogP) is 2.86. The molecule has 26 heavy (non-hydrogen) atoms. The van der Waals surface area contributed by atoms with Gasteiger partial charge in [-0.2, -0.15) is 0 Å². The highest BCUT2D eigenvalue weighted by atomic mass is 16.4. The SMILES string of the molecule is Cc1cccc(N2CC[NH+](Cc3ncc(-c4ccccc4)o3)CC2)c1C. The number of hydrogen-bond acceptors (Lipinski definition) is 3. The molecular formula is C22H26N3O+. The van der Waals surface area contributed by atoms with Crippen molar-refractivity contribution in [1.29, 1.82) is 0 Å². The summed E-state index contributed by atoms with van der Waals surface area (Å²) in [5, 5.41) is 0. The molecule has 4 nitrogen and oxygen atoms in total. The molecule has 2 heterocycles. The van der Waals surface area contributed by atoms with E-state index in [0.717, 1.165) is 49.9 Å². The Morgan fingerprint density at radius 2 is 1.77 bits per heavy atom. The molecule has 4 rings (SSSR count). The Hall–Kier alpha value is -2.59. The fourth-order valence-electron chi connectivity index (χ4n) is 3.66. The van der Waals surface area contributed by atoms with E-state index in [1.54, 1.807) is 0 Å². The van der Waals surface area contributed by atoms with Crippen LogP contribution in [0.25, 0.3) is 11.3 Å². The van der Waals surface area contributed by atoms with Gasteiger partial charge in [-0.15, -0.1) is 0 Å². The Balaban J connectivity index is 1.37. The molecule has 134 valence electrons. The number of rotatable bonds is 4. The fraction of sp³-hybridized carbons (Fsp3) is 0.318. The number of oxazole rings is 1. The number of piperazine rings is 1. The van der Waals surface area contributed by atoms with E-state index in [9.17, 15) is 0 Å². The third kappa shape index (κ3) is 3.51. The summed E-state index contributed by atoms with van der Waals surface area (Å²) in [6.45, 7) is 9.63. The van der Waals surface area contributed by atoms with E-state index in [0.29, 0.717) is 0 Å². The number of aryl methyl sites for hydroxylation is 1. The molecule has 1 fully saturated rings. The first-order valence-corrected chi connectivity index (χ1v) is 9.35. The zero-order valence-corrected chi connectivity index (χ0v) is 15.5. The molecule has 1 N–H and O–H groups in total. The maximum absolute atomic E-state index is 5.97. The monoisotopic (exact) mass is 348 g/mol. The summed E-state index contributed by atoms with van der Waals surface area (Å²) < 4.78 is 5.97. The second kappa shape index (κ2) is 7.34. The quantitative estimate of drug-likeness (QED) is 0.787. The van der Waals surface area contributed by atoms with Crippen molar-refractivity contribution in [3.05, 3.63) is 71.7 Å². The molecule has 0 radical (unpaired) electrons. The van der Waals surface area contributed by atoms with Gasteiger partial charge >= 0.3 is 0 Å². The lowest BCUT2D eigenvalue weighted by molar-refractivity contribution is -0.915. The maximum Gasteiger partial charge on any atom is 0.250 e. The number of quaternary nitrogens is 1. The van der Waals surface area contributed by atoms with Crippen LogP contribution in [-0.2, 0) is 6.54 Å². The molecule has 0 amide bonds. The van der Waals surface area contributed by atoms with Crippen LogP contribution in [0.15, 0.2) is 59.1 Å². The van der Waals surface area contributed by atoms with Crippen molar-refractivity contribution in [2.75, 3.05) is 31.1 Å². The first-order chi connectivity index (χ1) is 12.7. The van der Waals surface area contributed by atoms with E-state index in [-0.39, 0.29) is 0 Å². The molecule has 1 aromatic heterocycles. The van der Waals surface area contributed by atoms with Gasteiger partial charge in [0.05, 0.1) is 32.4 Å². The highest BCUT2D eigenvalue weighted by molar-refractivity contribution is 5.56. The first kappa shape index (κ1) is 16.9. The lowest BCUT2D eigenvalue weighted by Gasteiger charge is -2.34. The van der Waals surface area contributed by atoms with Gasteiger partial charge in [0.2, 0.25) is 0 Å². The highest BCUT2D eigenvalue weighted by Gasteiger charge is 2.23. The molecule has 2 aromatic carbocycles. The van der Waals surface area contributed by atoms with Crippen LogP contribution in [0.4, 0.5) is 5.69 Å². The Kier molecular flexibility index (Phi) is 4.76. The van der Waals surface area contributed by atoms with Gasteiger partial charge in [-0.3, -0.25) is 0 Å². The normalized spacial score (nSPS) is 15.4. The van der Waals surface area contributed by atoms with Crippen molar-refractivity contribution in [3.63, 3.8) is 0 Å². The van der Waals surface area contributed by atoms with Crippen molar-refractivity contribution < 1.29 is 9.32 Å². The van der Waals surface area contributed by atoms with Gasteiger partial charge in [-0.1, -0.05) is 42.5 Å². The van der Waals surface area contributed by atoms with E-state index in [4.69, 9.17) is 4.42 Å². The summed E-state index contributed by atoms with van der Waals surface area (Å²) in [7, 11) is 0. The first-order valence-electron chi connectivity index (χ1n) is 9.35. The second-order valence-corrected chi connectivity index (χ2v) is 7.12. The Morgan fingerprint density at radius 1 is 1.00 bits per heavy atom. The van der Waals surface area contributed by atoms with Crippen LogP contribution in [0.5, 0.6) is 0 Å². The molecule has 3 aromatic rings. The van der Waals surface area contributed by atoms with E-state index >= 15 is 0 Å². The number of nitrogens with zero attached hydrogens (tertiary/aromatic N) is 2. The van der Waals surface area contributed by atoms with Gasteiger partial charge in [0.15, 0.2) is 12.3 Å². The minimum absolute atomic E-state index is 0.832. The van der Waals surface area contributed by atoms with Crippen LogP contribution in [0.3, 0.4) is 0 Å². The number of hydrogen-bond donors (Lipinski definition) is 1. The molecular weight excluding hydrogens is 322 g/mol. The highest BCUT2D eigenvalue weighted by Crippen LogP contribution is 2.23. The number of aromatic nitrogens is 1. The second-order valence-electron chi connectivity index (χ2n) is 7.12. The van der Waals surface area contributed by atoms with Gasteiger partial charge in [0, 0.05) is 11.3 Å². The standard InChI is InChI=1S/C22H25N3O/c1-17-7-6-10-20(18(17)2)25-13-11-24(12-14-25)16-22-23-15-21(26-22)19-8-4-3-5-9-19/h3-10,15H,11-14,16H2,1-2H3/p+1. The minimum atomic E-state index is 0.832. The average molecular weight is 348 g/mol. The molecule has 0 atom stereocenters. The van der Waals surface area contributed by atoms with Crippen molar-refractivity contribution in [1.82, 2.24) is 4.98 Å². The van der Waals surface area contributed by atoms with Crippen molar-refractivity contribution in [2.24, 2.45) is 0 Å². The van der Waals surface area contributed by atoms with Crippen LogP contribution in [0.1, 0.15) is 17.0 Å². The minimum Gasteiger partial charge on any atom is -0.435 e. The zero-order chi connectivity index (χ0) is 17.9. The Bertz CT molecular complexity index is 864. The Morgan fingerprint density at radius 3 is 2.54 bits per heavy atom. The van der Waals surface area contributed by atoms with E-state index < -0.39 is 0 Å². The van der Waals surface area contributed by atoms with Crippen LogP contribution in [0.2, 0.25) is 0 Å². The summed E-state index contributed by atoms with van der Waals surface area (Å²) in [6.07, 6.45) is 1.84. The summed E-state index contributed by atoms with van der Waals surface area (Å²) in [6, 6.07) is 16.8. The largest absolute Gasteiger partial charge is 0.435 e. The van der Waals surface area contributed by atoms with Gasteiger partial charge in [0.25, 0.3) is 5.89 Å². The third-order valence-corrected chi connectivity index (χ3v) is 5.40. The summed E-state index contributed by atoms with van der Waals surface area (Å²) in [5.74, 6) is 1.69. The van der Waals surface area contributed by atoms with E-state index in [2.05, 4.69) is 54.1 Å². The third-order valence-electron chi connectivity index (χ3n) is 5.40. The van der Waals surface area contributed by atoms with E-state index in [1.165, 1.54) is 21.7 Å². The zero-order valence-electron chi connectivity index (χ0n) is 15.5. The number of benzene rings is 2. The summed E-state index contributed by atoms with van der Waals surface area (Å²) >= 11 is 0. The molecule has 1 aliphatic rings. The van der Waals surface area contributed by atoms with E-state index in [1.807, 2.05) is 24.4 Å². The summed E-state index contributed by atoms with van der Waals surface area (Å²) in [5.41, 5.74) is 5.23. The van der Waals surface area contributed by atoms with Gasteiger partial charge in [-0.25, -0.2) is 4.98 Å². The van der Waals surface area contributed by atoms with Crippen LogP contribution >= 0.6 is 0 Å².